The Morgan fingerprint density at radius 3 is 2.81 bits per heavy atom. The Morgan fingerprint density at radius 1 is 1.38 bits per heavy atom. The third kappa shape index (κ3) is 3.30. The summed E-state index contributed by atoms with van der Waals surface area (Å²) in [6.07, 6.45) is 1.23. The van der Waals surface area contributed by atoms with E-state index in [-0.39, 0.29) is 0 Å². The van der Waals surface area contributed by atoms with E-state index >= 15 is 0 Å². The average Bonchev–Trinajstić information content (AvgIpc) is 2.30. The molecule has 2 rings (SSSR count). The Labute approximate surface area is 106 Å². The molecule has 1 aromatic carbocycles. The van der Waals surface area contributed by atoms with Crippen molar-refractivity contribution in [2.75, 3.05) is 13.1 Å². The monoisotopic (exact) mass is 282 g/mol. The second-order valence-corrected chi connectivity index (χ2v) is 5.50. The fourth-order valence-electron chi connectivity index (χ4n) is 2.17. The van der Waals surface area contributed by atoms with E-state index in [1.807, 2.05) is 0 Å². The molecule has 0 saturated carbocycles. The molecule has 0 aromatic heterocycles. The zero-order valence-electron chi connectivity index (χ0n) is 9.67. The first-order chi connectivity index (χ1) is 7.75. The van der Waals surface area contributed by atoms with Crippen molar-refractivity contribution in [3.63, 3.8) is 0 Å². The smallest absolute Gasteiger partial charge is 0.0208 e. The maximum atomic E-state index is 3.65. The average molecular weight is 283 g/mol. The predicted molar refractivity (Wildman–Crippen MR) is 71.4 cm³/mol. The molecule has 88 valence electrons. The van der Waals surface area contributed by atoms with Crippen molar-refractivity contribution in [3.05, 3.63) is 34.3 Å². The molecular weight excluding hydrogens is 264 g/mol. The molecule has 2 N–H and O–H groups in total. The van der Waals surface area contributed by atoms with Crippen molar-refractivity contribution < 1.29 is 0 Å². The first-order valence-corrected chi connectivity index (χ1v) is 6.73. The van der Waals surface area contributed by atoms with E-state index in [4.69, 9.17) is 0 Å². The number of nitrogens with one attached hydrogen (secondary N) is 2. The molecule has 1 aromatic rings. The van der Waals surface area contributed by atoms with Gasteiger partial charge in [0.1, 0.15) is 0 Å². The summed E-state index contributed by atoms with van der Waals surface area (Å²) in [5.74, 6) is 0.726. The number of benzene rings is 1. The van der Waals surface area contributed by atoms with E-state index in [2.05, 4.69) is 57.8 Å². The van der Waals surface area contributed by atoms with Gasteiger partial charge in [0.15, 0.2) is 0 Å². The minimum Gasteiger partial charge on any atom is -0.316 e. The van der Waals surface area contributed by atoms with Gasteiger partial charge in [-0.15, -0.1) is 0 Å². The van der Waals surface area contributed by atoms with Gasteiger partial charge in [-0.25, -0.2) is 0 Å². The number of hydrogen-bond donors (Lipinski definition) is 2. The highest BCUT2D eigenvalue weighted by atomic mass is 79.9. The van der Waals surface area contributed by atoms with Crippen molar-refractivity contribution in [3.8, 4) is 0 Å². The minimum atomic E-state index is 0.657. The van der Waals surface area contributed by atoms with Gasteiger partial charge in [-0.1, -0.05) is 35.0 Å². The maximum Gasteiger partial charge on any atom is 0.0208 e. The largest absolute Gasteiger partial charge is 0.316 e. The van der Waals surface area contributed by atoms with E-state index in [0.29, 0.717) is 6.04 Å². The van der Waals surface area contributed by atoms with Gasteiger partial charge in [-0.3, -0.25) is 0 Å². The van der Waals surface area contributed by atoms with Crippen LogP contribution in [0.3, 0.4) is 0 Å². The van der Waals surface area contributed by atoms with Crippen LogP contribution in [0.1, 0.15) is 18.9 Å². The quantitative estimate of drug-likeness (QED) is 0.890. The van der Waals surface area contributed by atoms with Gasteiger partial charge in [0, 0.05) is 17.1 Å². The summed E-state index contributed by atoms with van der Waals surface area (Å²) in [5.41, 5.74) is 1.36. The molecule has 2 nitrogen and oxygen atoms in total. The van der Waals surface area contributed by atoms with Crippen LogP contribution in [0, 0.1) is 5.92 Å². The molecule has 2 atom stereocenters. The molecule has 1 aliphatic rings. The van der Waals surface area contributed by atoms with E-state index < -0.39 is 0 Å². The molecule has 0 amide bonds. The lowest BCUT2D eigenvalue weighted by Gasteiger charge is -2.30. The molecule has 1 heterocycles. The van der Waals surface area contributed by atoms with Crippen LogP contribution in [0.15, 0.2) is 28.7 Å². The van der Waals surface area contributed by atoms with Crippen LogP contribution in [-0.4, -0.2) is 19.1 Å². The summed E-state index contributed by atoms with van der Waals surface area (Å²) in [7, 11) is 0. The van der Waals surface area contributed by atoms with Crippen LogP contribution in [0.2, 0.25) is 0 Å². The van der Waals surface area contributed by atoms with Crippen molar-refractivity contribution in [1.29, 1.82) is 0 Å². The lowest BCUT2D eigenvalue weighted by molar-refractivity contribution is 0.295. The lowest BCUT2D eigenvalue weighted by Crippen LogP contribution is -2.45. The normalized spacial score (nSPS) is 25.6. The number of rotatable bonds is 3. The molecular formula is C13H19BrN2. The van der Waals surface area contributed by atoms with Gasteiger partial charge in [-0.05, 0) is 43.1 Å². The molecule has 1 fully saturated rings. The summed E-state index contributed by atoms with van der Waals surface area (Å²) in [6, 6.07) is 9.20. The molecule has 0 spiro atoms. The molecule has 3 heteroatoms. The lowest BCUT2D eigenvalue weighted by atomic mass is 9.95. The van der Waals surface area contributed by atoms with Gasteiger partial charge < -0.3 is 10.6 Å². The second kappa shape index (κ2) is 5.80. The van der Waals surface area contributed by atoms with Crippen LogP contribution < -0.4 is 10.6 Å². The Balaban J connectivity index is 1.84. The molecule has 0 bridgehead atoms. The van der Waals surface area contributed by atoms with Gasteiger partial charge in [0.2, 0.25) is 0 Å². The molecule has 0 aliphatic carbocycles. The maximum absolute atomic E-state index is 3.65. The SMILES string of the molecule is CC1CNCCC1NCc1ccc(Br)cc1. The van der Waals surface area contributed by atoms with E-state index in [9.17, 15) is 0 Å². The summed E-state index contributed by atoms with van der Waals surface area (Å²) < 4.78 is 1.14. The Bertz CT molecular complexity index is 323. The summed E-state index contributed by atoms with van der Waals surface area (Å²) in [6.45, 7) is 5.56. The summed E-state index contributed by atoms with van der Waals surface area (Å²) in [5, 5.41) is 7.08. The molecule has 1 saturated heterocycles. The Morgan fingerprint density at radius 2 is 2.12 bits per heavy atom. The highest BCUT2D eigenvalue weighted by Gasteiger charge is 2.19. The van der Waals surface area contributed by atoms with Gasteiger partial charge in [-0.2, -0.15) is 0 Å². The fraction of sp³-hybridized carbons (Fsp3) is 0.538. The van der Waals surface area contributed by atoms with Crippen LogP contribution in [-0.2, 0) is 6.54 Å². The van der Waals surface area contributed by atoms with Crippen molar-refractivity contribution in [1.82, 2.24) is 10.6 Å². The van der Waals surface area contributed by atoms with Gasteiger partial charge >= 0.3 is 0 Å². The van der Waals surface area contributed by atoms with Crippen LogP contribution >= 0.6 is 15.9 Å². The first kappa shape index (κ1) is 12.1. The predicted octanol–water partition coefficient (Wildman–Crippen LogP) is 2.54. The molecule has 2 unspecified atom stereocenters. The highest BCUT2D eigenvalue weighted by Crippen LogP contribution is 2.13. The van der Waals surface area contributed by atoms with E-state index in [0.717, 1.165) is 30.0 Å². The van der Waals surface area contributed by atoms with Crippen molar-refractivity contribution in [2.45, 2.75) is 25.9 Å². The van der Waals surface area contributed by atoms with Crippen molar-refractivity contribution >= 4 is 15.9 Å². The van der Waals surface area contributed by atoms with E-state index in [1.54, 1.807) is 0 Å². The fourth-order valence-corrected chi connectivity index (χ4v) is 2.43. The topological polar surface area (TPSA) is 24.1 Å². The van der Waals surface area contributed by atoms with Gasteiger partial charge in [0.25, 0.3) is 0 Å². The summed E-state index contributed by atoms with van der Waals surface area (Å²) >= 11 is 3.45. The molecule has 0 radical (unpaired) electrons. The third-order valence-corrected chi connectivity index (χ3v) is 3.80. The zero-order valence-corrected chi connectivity index (χ0v) is 11.3. The second-order valence-electron chi connectivity index (χ2n) is 4.58. The van der Waals surface area contributed by atoms with Crippen LogP contribution in [0.4, 0.5) is 0 Å². The number of halogens is 1. The van der Waals surface area contributed by atoms with Crippen LogP contribution in [0.25, 0.3) is 0 Å². The molecule has 1 aliphatic heterocycles. The molecule has 16 heavy (non-hydrogen) atoms. The summed E-state index contributed by atoms with van der Waals surface area (Å²) in [4.78, 5) is 0. The van der Waals surface area contributed by atoms with Crippen molar-refractivity contribution in [2.24, 2.45) is 5.92 Å². The zero-order chi connectivity index (χ0) is 11.4. The van der Waals surface area contributed by atoms with Crippen LogP contribution in [0.5, 0.6) is 0 Å². The first-order valence-electron chi connectivity index (χ1n) is 5.94. The van der Waals surface area contributed by atoms with Gasteiger partial charge in [0.05, 0.1) is 0 Å². The number of piperidine rings is 1. The number of hydrogen-bond acceptors (Lipinski definition) is 2. The highest BCUT2D eigenvalue weighted by molar-refractivity contribution is 9.10. The standard InChI is InChI=1S/C13H19BrN2/c1-10-8-15-7-6-13(10)16-9-11-2-4-12(14)5-3-11/h2-5,10,13,15-16H,6-9H2,1H3. The van der Waals surface area contributed by atoms with E-state index in [1.165, 1.54) is 12.0 Å². The minimum absolute atomic E-state index is 0.657. The Hall–Kier alpha value is -0.380. The Kier molecular flexibility index (Phi) is 4.38. The third-order valence-electron chi connectivity index (χ3n) is 3.27.